The third-order valence-electron chi connectivity index (χ3n) is 4.80. The summed E-state index contributed by atoms with van der Waals surface area (Å²) in [6.07, 6.45) is 0. The van der Waals surface area contributed by atoms with Crippen molar-refractivity contribution in [2.75, 3.05) is 0 Å². The van der Waals surface area contributed by atoms with Crippen LogP contribution in [-0.2, 0) is 0 Å². The molecule has 2 nitrogen and oxygen atoms in total. The minimum atomic E-state index is -2.24. The smallest absolute Gasteiger partial charge is 0.0837 e. The number of benzene rings is 3. The first-order chi connectivity index (χ1) is 12.9. The Bertz CT molecular complexity index is 850. The van der Waals surface area contributed by atoms with E-state index < -0.39 is 7.05 Å². The standard InChI is InChI=1S/C24H27N2P/c1-20(24(2,3)4)25-26-27(21-14-8-5-9-15-21,22-16-10-6-11-17-22)23-18-12-7-13-19-23/h5-19H,1-4H3. The summed E-state index contributed by atoms with van der Waals surface area (Å²) in [5, 5.41) is 8.43. The molecule has 0 aromatic heterocycles. The fourth-order valence-electron chi connectivity index (χ4n) is 2.82. The molecule has 0 saturated carbocycles. The van der Waals surface area contributed by atoms with Gasteiger partial charge in [0.05, 0.1) is 7.05 Å². The van der Waals surface area contributed by atoms with Crippen LogP contribution >= 0.6 is 7.05 Å². The van der Waals surface area contributed by atoms with Crippen LogP contribution in [-0.4, -0.2) is 5.71 Å². The van der Waals surface area contributed by atoms with E-state index in [1.165, 1.54) is 15.9 Å². The van der Waals surface area contributed by atoms with E-state index in [1.807, 2.05) is 0 Å². The molecular weight excluding hydrogens is 347 g/mol. The lowest BCUT2D eigenvalue weighted by Crippen LogP contribution is -2.25. The van der Waals surface area contributed by atoms with Gasteiger partial charge in [0.2, 0.25) is 0 Å². The first kappa shape index (κ1) is 19.3. The minimum Gasteiger partial charge on any atom is -0.160 e. The summed E-state index contributed by atoms with van der Waals surface area (Å²) in [4.78, 5) is 5.13. The molecule has 0 N–H and O–H groups in total. The Morgan fingerprint density at radius 2 is 0.963 bits per heavy atom. The van der Waals surface area contributed by atoms with E-state index in [9.17, 15) is 0 Å². The molecule has 27 heavy (non-hydrogen) atoms. The predicted octanol–water partition coefficient (Wildman–Crippen LogP) is 5.59. The summed E-state index contributed by atoms with van der Waals surface area (Å²) in [6.45, 7) is 8.60. The first-order valence-corrected chi connectivity index (χ1v) is 11.0. The lowest BCUT2D eigenvalue weighted by Gasteiger charge is -2.26. The van der Waals surface area contributed by atoms with E-state index in [0.29, 0.717) is 0 Å². The highest BCUT2D eigenvalue weighted by molar-refractivity contribution is 7.87. The highest BCUT2D eigenvalue weighted by Gasteiger charge is 2.28. The Morgan fingerprint density at radius 3 is 1.26 bits per heavy atom. The van der Waals surface area contributed by atoms with Crippen LogP contribution in [0.2, 0.25) is 0 Å². The maximum absolute atomic E-state index is 5.13. The molecule has 0 spiro atoms. The van der Waals surface area contributed by atoms with Crippen LogP contribution in [0.25, 0.3) is 0 Å². The molecule has 0 aliphatic heterocycles. The molecular formula is C24H27N2P. The molecule has 0 atom stereocenters. The second kappa shape index (κ2) is 8.06. The Labute approximate surface area is 163 Å². The van der Waals surface area contributed by atoms with Gasteiger partial charge in [0.1, 0.15) is 0 Å². The van der Waals surface area contributed by atoms with Crippen molar-refractivity contribution in [3.8, 4) is 0 Å². The van der Waals surface area contributed by atoms with E-state index in [-0.39, 0.29) is 5.41 Å². The van der Waals surface area contributed by atoms with Crippen LogP contribution in [0.15, 0.2) is 101 Å². The maximum atomic E-state index is 5.13. The third-order valence-corrected chi connectivity index (χ3v) is 8.30. The lowest BCUT2D eigenvalue weighted by atomic mass is 9.91. The van der Waals surface area contributed by atoms with Gasteiger partial charge in [0, 0.05) is 27.0 Å². The zero-order chi connectivity index (χ0) is 19.3. The van der Waals surface area contributed by atoms with Crippen LogP contribution in [0.4, 0.5) is 0 Å². The Morgan fingerprint density at radius 1 is 0.630 bits per heavy atom. The number of hydrogen-bond donors (Lipinski definition) is 0. The molecule has 3 heteroatoms. The highest BCUT2D eigenvalue weighted by atomic mass is 31.2. The maximum Gasteiger partial charge on any atom is 0.0837 e. The largest absolute Gasteiger partial charge is 0.160 e. The van der Waals surface area contributed by atoms with Crippen LogP contribution in [0, 0.1) is 5.41 Å². The normalized spacial score (nSPS) is 12.7. The number of hydrogen-bond acceptors (Lipinski definition) is 1. The van der Waals surface area contributed by atoms with Gasteiger partial charge in [-0.3, -0.25) is 0 Å². The molecule has 0 fully saturated rings. The molecule has 0 bridgehead atoms. The predicted molar refractivity (Wildman–Crippen MR) is 120 cm³/mol. The summed E-state index contributed by atoms with van der Waals surface area (Å²) in [5.74, 6) is 0. The van der Waals surface area contributed by atoms with Crippen LogP contribution in [0.5, 0.6) is 0 Å². The van der Waals surface area contributed by atoms with Gasteiger partial charge in [-0.25, -0.2) is 0 Å². The SMILES string of the molecule is CC(=NN=P(c1ccccc1)(c1ccccc1)c1ccccc1)C(C)(C)C. The molecule has 3 aromatic carbocycles. The summed E-state index contributed by atoms with van der Waals surface area (Å²) in [6, 6.07) is 31.8. The van der Waals surface area contributed by atoms with E-state index in [4.69, 9.17) is 9.96 Å². The monoisotopic (exact) mass is 374 g/mol. The average molecular weight is 374 g/mol. The van der Waals surface area contributed by atoms with Crippen molar-refractivity contribution in [3.05, 3.63) is 91.0 Å². The van der Waals surface area contributed by atoms with Crippen molar-refractivity contribution in [2.45, 2.75) is 27.7 Å². The zero-order valence-electron chi connectivity index (χ0n) is 16.5. The molecule has 0 radical (unpaired) electrons. The van der Waals surface area contributed by atoms with E-state index >= 15 is 0 Å². The van der Waals surface area contributed by atoms with Crippen LogP contribution in [0.1, 0.15) is 27.7 Å². The van der Waals surface area contributed by atoms with Gasteiger partial charge in [-0.1, -0.05) is 112 Å². The van der Waals surface area contributed by atoms with Gasteiger partial charge in [-0.2, -0.15) is 9.96 Å². The summed E-state index contributed by atoms with van der Waals surface area (Å²) < 4.78 is 0. The molecule has 3 rings (SSSR count). The molecule has 0 amide bonds. The summed E-state index contributed by atoms with van der Waals surface area (Å²) in [5.41, 5.74) is 1.03. The lowest BCUT2D eigenvalue weighted by molar-refractivity contribution is 0.586. The first-order valence-electron chi connectivity index (χ1n) is 9.28. The van der Waals surface area contributed by atoms with Crippen LogP contribution < -0.4 is 15.9 Å². The quantitative estimate of drug-likeness (QED) is 0.323. The molecule has 138 valence electrons. The minimum absolute atomic E-state index is 0.0107. The van der Waals surface area contributed by atoms with Crippen molar-refractivity contribution in [1.82, 2.24) is 0 Å². The Kier molecular flexibility index (Phi) is 5.77. The van der Waals surface area contributed by atoms with Crippen molar-refractivity contribution in [3.63, 3.8) is 0 Å². The fourth-order valence-corrected chi connectivity index (χ4v) is 6.10. The number of nitrogens with zero attached hydrogens (tertiary/aromatic N) is 2. The topological polar surface area (TPSA) is 24.7 Å². The Hall–Kier alpha value is -2.44. The number of rotatable bonds is 4. The Balaban J connectivity index is 2.40. The van der Waals surface area contributed by atoms with Gasteiger partial charge in [0.25, 0.3) is 0 Å². The van der Waals surface area contributed by atoms with Crippen molar-refractivity contribution in [2.24, 2.45) is 15.4 Å². The molecule has 3 aromatic rings. The molecule has 0 aliphatic carbocycles. The third kappa shape index (κ3) is 4.12. The van der Waals surface area contributed by atoms with Crippen molar-refractivity contribution in [1.29, 1.82) is 0 Å². The van der Waals surface area contributed by atoms with E-state index in [2.05, 4.69) is 119 Å². The van der Waals surface area contributed by atoms with Gasteiger partial charge < -0.3 is 0 Å². The zero-order valence-corrected chi connectivity index (χ0v) is 17.4. The van der Waals surface area contributed by atoms with Crippen LogP contribution in [0.3, 0.4) is 0 Å². The van der Waals surface area contributed by atoms with Gasteiger partial charge >= 0.3 is 0 Å². The molecule has 0 aliphatic rings. The molecule has 0 heterocycles. The molecule has 0 saturated heterocycles. The van der Waals surface area contributed by atoms with E-state index in [0.717, 1.165) is 5.71 Å². The highest BCUT2D eigenvalue weighted by Crippen LogP contribution is 2.46. The van der Waals surface area contributed by atoms with E-state index in [1.54, 1.807) is 0 Å². The fraction of sp³-hybridized carbons (Fsp3) is 0.208. The van der Waals surface area contributed by atoms with Gasteiger partial charge in [-0.15, -0.1) is 0 Å². The summed E-state index contributed by atoms with van der Waals surface area (Å²) in [7, 11) is -2.24. The van der Waals surface area contributed by atoms with Crippen molar-refractivity contribution < 1.29 is 0 Å². The second-order valence-electron chi connectivity index (χ2n) is 7.67. The summed E-state index contributed by atoms with van der Waals surface area (Å²) >= 11 is 0. The second-order valence-corrected chi connectivity index (χ2v) is 10.7. The molecule has 0 unspecified atom stereocenters. The van der Waals surface area contributed by atoms with Crippen molar-refractivity contribution >= 4 is 28.7 Å². The van der Waals surface area contributed by atoms with Gasteiger partial charge in [0.15, 0.2) is 0 Å². The van der Waals surface area contributed by atoms with Gasteiger partial charge in [-0.05, 0) is 6.92 Å². The average Bonchev–Trinajstić information content (AvgIpc) is 2.70.